The average Bonchev–Trinajstić information content (AvgIpc) is 2.92. The van der Waals surface area contributed by atoms with Gasteiger partial charge in [0.15, 0.2) is 11.6 Å². The van der Waals surface area contributed by atoms with Crippen molar-refractivity contribution in [2.24, 2.45) is 0 Å². The summed E-state index contributed by atoms with van der Waals surface area (Å²) in [6.07, 6.45) is 0. The summed E-state index contributed by atoms with van der Waals surface area (Å²) in [7, 11) is 0. The zero-order valence-electron chi connectivity index (χ0n) is 12.4. The lowest BCUT2D eigenvalue weighted by atomic mass is 10.0. The van der Waals surface area contributed by atoms with Crippen molar-refractivity contribution < 1.29 is 9.53 Å². The number of H-pyrrole nitrogens is 1. The molecule has 0 atom stereocenters. The molecule has 24 heavy (non-hydrogen) atoms. The number of ketones is 1. The molecule has 0 amide bonds. The third-order valence-corrected chi connectivity index (χ3v) is 3.88. The van der Waals surface area contributed by atoms with Gasteiger partial charge in [-0.15, -0.1) is 0 Å². The maximum absolute atomic E-state index is 12.7. The molecule has 0 bridgehead atoms. The predicted molar refractivity (Wildman–Crippen MR) is 93.2 cm³/mol. The van der Waals surface area contributed by atoms with Crippen LogP contribution in [-0.2, 0) is 6.61 Å². The van der Waals surface area contributed by atoms with Gasteiger partial charge in [-0.1, -0.05) is 41.9 Å². The number of benzene rings is 2. The molecule has 122 valence electrons. The van der Waals surface area contributed by atoms with Crippen molar-refractivity contribution in [3.8, 4) is 5.75 Å². The Morgan fingerprint density at radius 1 is 1.29 bits per heavy atom. The van der Waals surface area contributed by atoms with Crippen molar-refractivity contribution in [3.05, 3.63) is 75.3 Å². The Balaban J connectivity index is 1.90. The summed E-state index contributed by atoms with van der Waals surface area (Å²) < 4.78 is 7.20. The number of hydrogen-bond donors (Lipinski definition) is 2. The first-order valence-electron chi connectivity index (χ1n) is 6.99. The van der Waals surface area contributed by atoms with Crippen LogP contribution in [0.2, 0.25) is 5.02 Å². The molecule has 3 aromatic rings. The summed E-state index contributed by atoms with van der Waals surface area (Å²) in [5.41, 5.74) is 0.914. The smallest absolute Gasteiger partial charge is 0.214 e. The molecule has 3 rings (SSSR count). The standard InChI is InChI=1S/C16H13ClN4O2S/c17-11-6-7-13(23-9-14-19-20-16(24)21(14)18)12(8-11)15(22)10-4-2-1-3-5-10/h1-8H,9,18H2,(H,20,24). The topological polar surface area (TPSA) is 85.9 Å². The molecule has 1 aromatic heterocycles. The van der Waals surface area contributed by atoms with E-state index in [-0.39, 0.29) is 17.2 Å². The fraction of sp³-hybridized carbons (Fsp3) is 0.0625. The first-order valence-corrected chi connectivity index (χ1v) is 7.78. The van der Waals surface area contributed by atoms with E-state index in [4.69, 9.17) is 34.4 Å². The van der Waals surface area contributed by atoms with E-state index in [1.807, 2.05) is 6.07 Å². The molecular weight excluding hydrogens is 348 g/mol. The molecule has 0 aliphatic carbocycles. The molecular formula is C16H13ClN4O2S. The van der Waals surface area contributed by atoms with Gasteiger partial charge in [0, 0.05) is 10.6 Å². The highest BCUT2D eigenvalue weighted by atomic mass is 35.5. The molecule has 6 nitrogen and oxygen atoms in total. The van der Waals surface area contributed by atoms with E-state index in [0.717, 1.165) is 0 Å². The molecule has 8 heteroatoms. The quantitative estimate of drug-likeness (QED) is 0.415. The second-order valence-corrected chi connectivity index (χ2v) is 5.76. The van der Waals surface area contributed by atoms with E-state index in [1.54, 1.807) is 42.5 Å². The van der Waals surface area contributed by atoms with Crippen LogP contribution in [0.3, 0.4) is 0 Å². The molecule has 0 aliphatic rings. The van der Waals surface area contributed by atoms with Crippen LogP contribution in [0.1, 0.15) is 21.7 Å². The van der Waals surface area contributed by atoms with Crippen molar-refractivity contribution in [2.75, 3.05) is 5.84 Å². The Hall–Kier alpha value is -2.64. The van der Waals surface area contributed by atoms with E-state index in [2.05, 4.69) is 10.2 Å². The summed E-state index contributed by atoms with van der Waals surface area (Å²) >= 11 is 11.0. The van der Waals surface area contributed by atoms with E-state index >= 15 is 0 Å². The van der Waals surface area contributed by atoms with Crippen molar-refractivity contribution in [1.29, 1.82) is 0 Å². The SMILES string of the molecule is Nn1c(COc2ccc(Cl)cc2C(=O)c2ccccc2)n[nH]c1=S. The van der Waals surface area contributed by atoms with Gasteiger partial charge >= 0.3 is 0 Å². The fourth-order valence-electron chi connectivity index (χ4n) is 2.13. The van der Waals surface area contributed by atoms with Crippen molar-refractivity contribution in [1.82, 2.24) is 14.9 Å². The van der Waals surface area contributed by atoms with Gasteiger partial charge in [0.2, 0.25) is 4.77 Å². The number of rotatable bonds is 5. The fourth-order valence-corrected chi connectivity index (χ4v) is 2.46. The minimum absolute atomic E-state index is 0.0559. The second kappa shape index (κ2) is 6.86. The molecule has 0 saturated carbocycles. The Kier molecular flexibility index (Phi) is 4.64. The highest BCUT2D eigenvalue weighted by molar-refractivity contribution is 7.71. The lowest BCUT2D eigenvalue weighted by Crippen LogP contribution is -2.15. The van der Waals surface area contributed by atoms with Gasteiger partial charge in [-0.2, -0.15) is 5.10 Å². The maximum Gasteiger partial charge on any atom is 0.214 e. The molecule has 2 aromatic carbocycles. The molecule has 0 radical (unpaired) electrons. The number of halogens is 1. The van der Waals surface area contributed by atoms with Gasteiger partial charge in [-0.3, -0.25) is 9.89 Å². The van der Waals surface area contributed by atoms with Crippen molar-refractivity contribution in [3.63, 3.8) is 0 Å². The largest absolute Gasteiger partial charge is 0.485 e. The molecule has 0 spiro atoms. The molecule has 0 saturated heterocycles. The lowest BCUT2D eigenvalue weighted by molar-refractivity contribution is 0.103. The summed E-state index contributed by atoms with van der Waals surface area (Å²) in [5, 5.41) is 6.98. The maximum atomic E-state index is 12.7. The summed E-state index contributed by atoms with van der Waals surface area (Å²) in [5.74, 6) is 6.35. The number of aromatic amines is 1. The zero-order valence-corrected chi connectivity index (χ0v) is 14.0. The normalized spacial score (nSPS) is 10.5. The van der Waals surface area contributed by atoms with Gasteiger partial charge in [0.05, 0.1) is 5.56 Å². The number of nitrogen functional groups attached to an aromatic ring is 1. The van der Waals surface area contributed by atoms with Crippen LogP contribution in [0, 0.1) is 4.77 Å². The molecule has 1 heterocycles. The van der Waals surface area contributed by atoms with E-state index < -0.39 is 0 Å². The minimum atomic E-state index is -0.181. The molecule has 0 unspecified atom stereocenters. The van der Waals surface area contributed by atoms with Crippen molar-refractivity contribution in [2.45, 2.75) is 6.61 Å². The lowest BCUT2D eigenvalue weighted by Gasteiger charge is -2.11. The summed E-state index contributed by atoms with van der Waals surface area (Å²) in [6.45, 7) is 0.0559. The number of nitrogens with one attached hydrogen (secondary N) is 1. The van der Waals surface area contributed by atoms with Crippen LogP contribution in [-0.4, -0.2) is 20.7 Å². The van der Waals surface area contributed by atoms with Gasteiger partial charge in [0.25, 0.3) is 0 Å². The first-order chi connectivity index (χ1) is 11.6. The van der Waals surface area contributed by atoms with Crippen LogP contribution in [0.15, 0.2) is 48.5 Å². The first kappa shape index (κ1) is 16.2. The van der Waals surface area contributed by atoms with E-state index in [1.165, 1.54) is 4.68 Å². The summed E-state index contributed by atoms with van der Waals surface area (Å²) in [6, 6.07) is 13.8. The minimum Gasteiger partial charge on any atom is -0.485 e. The van der Waals surface area contributed by atoms with Crippen LogP contribution < -0.4 is 10.6 Å². The van der Waals surface area contributed by atoms with E-state index in [0.29, 0.717) is 27.7 Å². The van der Waals surface area contributed by atoms with Crippen LogP contribution in [0.25, 0.3) is 0 Å². The van der Waals surface area contributed by atoms with E-state index in [9.17, 15) is 4.79 Å². The number of ether oxygens (including phenoxy) is 1. The van der Waals surface area contributed by atoms with Crippen LogP contribution >= 0.6 is 23.8 Å². The molecule has 3 N–H and O–H groups in total. The zero-order chi connectivity index (χ0) is 17.1. The van der Waals surface area contributed by atoms with Gasteiger partial charge in [0.1, 0.15) is 12.4 Å². The number of carbonyl (C=O) groups is 1. The Morgan fingerprint density at radius 3 is 2.71 bits per heavy atom. The number of carbonyl (C=O) groups excluding carboxylic acids is 1. The average molecular weight is 361 g/mol. The van der Waals surface area contributed by atoms with Crippen LogP contribution in [0.4, 0.5) is 0 Å². The Morgan fingerprint density at radius 2 is 2.04 bits per heavy atom. The third-order valence-electron chi connectivity index (χ3n) is 3.36. The van der Waals surface area contributed by atoms with Gasteiger partial charge in [-0.25, -0.2) is 4.68 Å². The Bertz CT molecular complexity index is 937. The third kappa shape index (κ3) is 3.32. The number of nitrogens with two attached hydrogens (primary N) is 1. The Labute approximate surface area is 147 Å². The number of hydrogen-bond acceptors (Lipinski definition) is 5. The van der Waals surface area contributed by atoms with Gasteiger partial charge in [-0.05, 0) is 30.4 Å². The monoisotopic (exact) mass is 360 g/mol. The summed E-state index contributed by atoms with van der Waals surface area (Å²) in [4.78, 5) is 12.7. The predicted octanol–water partition coefficient (Wildman–Crippen LogP) is 3.12. The highest BCUT2D eigenvalue weighted by Gasteiger charge is 2.16. The van der Waals surface area contributed by atoms with Gasteiger partial charge < -0.3 is 10.6 Å². The number of aromatic nitrogens is 3. The van der Waals surface area contributed by atoms with Crippen molar-refractivity contribution >= 4 is 29.6 Å². The second-order valence-electron chi connectivity index (χ2n) is 4.94. The molecule has 0 aliphatic heterocycles. The van der Waals surface area contributed by atoms with Crippen LogP contribution in [0.5, 0.6) is 5.75 Å². The molecule has 0 fully saturated rings. The highest BCUT2D eigenvalue weighted by Crippen LogP contribution is 2.26. The number of nitrogens with zero attached hydrogens (tertiary/aromatic N) is 2.